The second kappa shape index (κ2) is 7.79. The molecule has 1 N–H and O–H groups in total. The molecule has 0 radical (unpaired) electrons. The SMILES string of the molecule is FC(F)(F)c1ccc(C(C#Cc2ccccc2)Nc2ccccc2)cc1. The van der Waals surface area contributed by atoms with Crippen molar-refractivity contribution >= 4 is 5.69 Å². The van der Waals surface area contributed by atoms with Crippen LogP contribution in [0, 0.1) is 11.8 Å². The van der Waals surface area contributed by atoms with Crippen LogP contribution in [-0.2, 0) is 6.18 Å². The molecule has 0 heterocycles. The average molecular weight is 351 g/mol. The number of halogens is 3. The topological polar surface area (TPSA) is 12.0 Å². The van der Waals surface area contributed by atoms with Gasteiger partial charge in [-0.05, 0) is 42.0 Å². The van der Waals surface area contributed by atoms with E-state index in [1.54, 1.807) is 0 Å². The molecular weight excluding hydrogens is 335 g/mol. The van der Waals surface area contributed by atoms with Crippen molar-refractivity contribution in [3.8, 4) is 11.8 Å². The van der Waals surface area contributed by atoms with E-state index in [4.69, 9.17) is 0 Å². The highest BCUT2D eigenvalue weighted by atomic mass is 19.4. The van der Waals surface area contributed by atoms with Crippen molar-refractivity contribution < 1.29 is 13.2 Å². The molecular formula is C22H16F3N. The molecule has 0 saturated carbocycles. The Morgan fingerprint density at radius 3 is 1.88 bits per heavy atom. The first-order valence-corrected chi connectivity index (χ1v) is 8.08. The Balaban J connectivity index is 1.91. The minimum Gasteiger partial charge on any atom is -0.368 e. The van der Waals surface area contributed by atoms with Gasteiger partial charge in [0.25, 0.3) is 0 Å². The molecule has 0 spiro atoms. The zero-order chi connectivity index (χ0) is 18.4. The zero-order valence-corrected chi connectivity index (χ0v) is 13.8. The lowest BCUT2D eigenvalue weighted by Crippen LogP contribution is -2.10. The van der Waals surface area contributed by atoms with Gasteiger partial charge < -0.3 is 5.32 Å². The van der Waals surface area contributed by atoms with E-state index in [-0.39, 0.29) is 0 Å². The molecule has 0 aliphatic rings. The number of para-hydroxylation sites is 1. The summed E-state index contributed by atoms with van der Waals surface area (Å²) < 4.78 is 38.4. The smallest absolute Gasteiger partial charge is 0.368 e. The van der Waals surface area contributed by atoms with Crippen molar-refractivity contribution in [1.82, 2.24) is 0 Å². The summed E-state index contributed by atoms with van der Waals surface area (Å²) in [5.41, 5.74) is 1.69. The fourth-order valence-electron chi connectivity index (χ4n) is 2.45. The van der Waals surface area contributed by atoms with E-state index in [0.717, 1.165) is 23.4 Å². The second-order valence-electron chi connectivity index (χ2n) is 5.70. The van der Waals surface area contributed by atoms with Gasteiger partial charge in [-0.1, -0.05) is 60.4 Å². The Morgan fingerprint density at radius 2 is 1.31 bits per heavy atom. The van der Waals surface area contributed by atoms with Gasteiger partial charge in [-0.3, -0.25) is 0 Å². The summed E-state index contributed by atoms with van der Waals surface area (Å²) in [6.07, 6.45) is -4.35. The Labute approximate surface area is 150 Å². The van der Waals surface area contributed by atoms with Gasteiger partial charge in [0.2, 0.25) is 0 Å². The molecule has 0 bridgehead atoms. The van der Waals surface area contributed by atoms with Crippen LogP contribution < -0.4 is 5.32 Å². The molecule has 0 amide bonds. The van der Waals surface area contributed by atoms with Gasteiger partial charge in [0.1, 0.15) is 6.04 Å². The predicted molar refractivity (Wildman–Crippen MR) is 97.6 cm³/mol. The number of rotatable bonds is 3. The highest BCUT2D eigenvalue weighted by Crippen LogP contribution is 2.30. The molecule has 1 nitrogen and oxygen atoms in total. The molecule has 3 aromatic carbocycles. The first-order valence-electron chi connectivity index (χ1n) is 8.08. The first kappa shape index (κ1) is 17.6. The Bertz CT molecular complexity index is 889. The van der Waals surface area contributed by atoms with E-state index >= 15 is 0 Å². The number of benzene rings is 3. The third kappa shape index (κ3) is 4.67. The van der Waals surface area contributed by atoms with Crippen LogP contribution in [0.1, 0.15) is 22.7 Å². The van der Waals surface area contributed by atoms with E-state index in [9.17, 15) is 13.2 Å². The lowest BCUT2D eigenvalue weighted by Gasteiger charge is -2.16. The molecule has 0 aliphatic heterocycles. The van der Waals surface area contributed by atoms with Crippen LogP contribution in [0.15, 0.2) is 84.9 Å². The maximum atomic E-state index is 12.8. The molecule has 0 saturated heterocycles. The van der Waals surface area contributed by atoms with E-state index in [0.29, 0.717) is 5.56 Å². The normalized spacial score (nSPS) is 12.0. The minimum atomic E-state index is -4.35. The number of anilines is 1. The zero-order valence-electron chi connectivity index (χ0n) is 13.8. The summed E-state index contributed by atoms with van der Waals surface area (Å²) in [7, 11) is 0. The van der Waals surface area contributed by atoms with Crippen molar-refractivity contribution in [3.63, 3.8) is 0 Å². The predicted octanol–water partition coefficient (Wildman–Crippen LogP) is 5.91. The number of nitrogens with one attached hydrogen (secondary N) is 1. The molecule has 3 rings (SSSR count). The van der Waals surface area contributed by atoms with Crippen LogP contribution >= 0.6 is 0 Å². The lowest BCUT2D eigenvalue weighted by atomic mass is 10.0. The third-order valence-electron chi connectivity index (χ3n) is 3.79. The van der Waals surface area contributed by atoms with Crippen molar-refractivity contribution in [1.29, 1.82) is 0 Å². The van der Waals surface area contributed by atoms with E-state index in [2.05, 4.69) is 17.2 Å². The maximum Gasteiger partial charge on any atom is 0.416 e. The van der Waals surface area contributed by atoms with E-state index in [1.165, 1.54) is 12.1 Å². The highest BCUT2D eigenvalue weighted by Gasteiger charge is 2.30. The third-order valence-corrected chi connectivity index (χ3v) is 3.79. The molecule has 0 aromatic heterocycles. The summed E-state index contributed by atoms with van der Waals surface area (Å²) >= 11 is 0. The number of hydrogen-bond acceptors (Lipinski definition) is 1. The van der Waals surface area contributed by atoms with Gasteiger partial charge in [0.05, 0.1) is 5.56 Å². The van der Waals surface area contributed by atoms with Crippen molar-refractivity contribution in [2.45, 2.75) is 12.2 Å². The Kier molecular flexibility index (Phi) is 5.28. The summed E-state index contributed by atoms with van der Waals surface area (Å²) in [5.74, 6) is 6.19. The van der Waals surface area contributed by atoms with Crippen LogP contribution in [0.25, 0.3) is 0 Å². The van der Waals surface area contributed by atoms with Crippen molar-refractivity contribution in [2.24, 2.45) is 0 Å². The largest absolute Gasteiger partial charge is 0.416 e. The highest BCUT2D eigenvalue weighted by molar-refractivity contribution is 5.49. The number of alkyl halides is 3. The summed E-state index contributed by atoms with van der Waals surface area (Å²) in [4.78, 5) is 0. The van der Waals surface area contributed by atoms with Gasteiger partial charge in [-0.15, -0.1) is 0 Å². The van der Waals surface area contributed by atoms with Crippen LogP contribution in [0.2, 0.25) is 0 Å². The molecule has 4 heteroatoms. The molecule has 26 heavy (non-hydrogen) atoms. The molecule has 0 aliphatic carbocycles. The standard InChI is InChI=1S/C22H16F3N/c23-22(24,25)19-14-12-18(13-15-19)21(26-20-9-5-2-6-10-20)16-11-17-7-3-1-4-8-17/h1-10,12-15,21,26H. The van der Waals surface area contributed by atoms with Crippen LogP contribution in [0.3, 0.4) is 0 Å². The van der Waals surface area contributed by atoms with Gasteiger partial charge in [0.15, 0.2) is 0 Å². The van der Waals surface area contributed by atoms with E-state index in [1.807, 2.05) is 60.7 Å². The first-order chi connectivity index (χ1) is 12.5. The molecule has 1 atom stereocenters. The van der Waals surface area contributed by atoms with Crippen molar-refractivity contribution in [2.75, 3.05) is 5.32 Å². The Morgan fingerprint density at radius 1 is 0.731 bits per heavy atom. The van der Waals surface area contributed by atoms with Gasteiger partial charge in [0, 0.05) is 11.3 Å². The Hall–Kier alpha value is -3.19. The van der Waals surface area contributed by atoms with Gasteiger partial charge >= 0.3 is 6.18 Å². The second-order valence-corrected chi connectivity index (χ2v) is 5.70. The summed E-state index contributed by atoms with van der Waals surface area (Å²) in [5, 5.41) is 3.27. The molecule has 130 valence electrons. The quantitative estimate of drug-likeness (QED) is 0.578. The van der Waals surface area contributed by atoms with Crippen LogP contribution in [-0.4, -0.2) is 0 Å². The fourth-order valence-corrected chi connectivity index (χ4v) is 2.45. The van der Waals surface area contributed by atoms with Gasteiger partial charge in [-0.25, -0.2) is 0 Å². The van der Waals surface area contributed by atoms with Crippen molar-refractivity contribution in [3.05, 3.63) is 102 Å². The number of hydrogen-bond donors (Lipinski definition) is 1. The fraction of sp³-hybridized carbons (Fsp3) is 0.0909. The summed E-state index contributed by atoms with van der Waals surface area (Å²) in [6, 6.07) is 23.6. The van der Waals surface area contributed by atoms with E-state index < -0.39 is 17.8 Å². The van der Waals surface area contributed by atoms with Crippen LogP contribution in [0.4, 0.5) is 18.9 Å². The monoisotopic (exact) mass is 351 g/mol. The molecule has 3 aromatic rings. The maximum absolute atomic E-state index is 12.8. The minimum absolute atomic E-state index is 0.431. The summed E-state index contributed by atoms with van der Waals surface area (Å²) in [6.45, 7) is 0. The lowest BCUT2D eigenvalue weighted by molar-refractivity contribution is -0.137. The molecule has 0 fully saturated rings. The average Bonchev–Trinajstić information content (AvgIpc) is 2.66. The van der Waals surface area contributed by atoms with Gasteiger partial charge in [-0.2, -0.15) is 13.2 Å². The molecule has 1 unspecified atom stereocenters. The van der Waals surface area contributed by atoms with Crippen LogP contribution in [0.5, 0.6) is 0 Å².